The van der Waals surface area contributed by atoms with E-state index in [-0.39, 0.29) is 17.6 Å². The lowest BCUT2D eigenvalue weighted by atomic mass is 10.0. The zero-order valence-electron chi connectivity index (χ0n) is 18.8. The number of benzene rings is 3. The summed E-state index contributed by atoms with van der Waals surface area (Å²) in [5, 5.41) is 0.578. The number of H-pyrrole nitrogens is 1. The molecule has 1 fully saturated rings. The average Bonchev–Trinajstić information content (AvgIpc) is 3.21. The molecule has 1 aliphatic heterocycles. The fourth-order valence-corrected chi connectivity index (χ4v) is 6.16. The Bertz CT molecular complexity index is 1490. The molecule has 0 spiro atoms. The Morgan fingerprint density at radius 1 is 1.03 bits per heavy atom. The Morgan fingerprint density at radius 3 is 2.49 bits per heavy atom. The van der Waals surface area contributed by atoms with E-state index in [2.05, 4.69) is 27.5 Å². The predicted molar refractivity (Wildman–Crippen MR) is 146 cm³/mol. The van der Waals surface area contributed by atoms with Crippen molar-refractivity contribution in [1.29, 1.82) is 0 Å². The van der Waals surface area contributed by atoms with Gasteiger partial charge in [0, 0.05) is 39.0 Å². The number of hydrogen-bond donors (Lipinski definition) is 1. The van der Waals surface area contributed by atoms with Crippen molar-refractivity contribution in [3.8, 4) is 0 Å². The maximum absolute atomic E-state index is 13.2. The number of likely N-dealkylation sites (tertiary alicyclic amines) is 1. The summed E-state index contributed by atoms with van der Waals surface area (Å²) in [4.78, 5) is 32.4. The number of aromatic amines is 1. The molecule has 3 aromatic carbocycles. The van der Waals surface area contributed by atoms with Gasteiger partial charge in [-0.15, -0.1) is 0 Å². The standard InChI is InChI=1S/C27H23BrClN3O2S/c1-17(18-10-11-25(21(29)16-18)35-24-9-5-2-6-20(24)28)26(33)31-14-12-19(13-15-31)32-23-8-4-3-7-22(23)30-27(32)34/h2-11,16,19H,1,12-15H2,(H,30,34). The van der Waals surface area contributed by atoms with Crippen molar-refractivity contribution >= 4 is 61.8 Å². The second-order valence-electron chi connectivity index (χ2n) is 8.50. The first-order valence-electron chi connectivity index (χ1n) is 11.3. The first-order valence-corrected chi connectivity index (χ1v) is 13.3. The fraction of sp³-hybridized carbons (Fsp3) is 0.185. The van der Waals surface area contributed by atoms with Gasteiger partial charge in [-0.25, -0.2) is 4.79 Å². The topological polar surface area (TPSA) is 58.1 Å². The maximum Gasteiger partial charge on any atom is 0.326 e. The van der Waals surface area contributed by atoms with Gasteiger partial charge in [0.25, 0.3) is 5.91 Å². The van der Waals surface area contributed by atoms with Crippen molar-refractivity contribution < 1.29 is 4.79 Å². The zero-order valence-corrected chi connectivity index (χ0v) is 22.0. The molecule has 0 saturated carbocycles. The van der Waals surface area contributed by atoms with Crippen LogP contribution in [-0.4, -0.2) is 33.4 Å². The molecule has 4 aromatic rings. The summed E-state index contributed by atoms with van der Waals surface area (Å²) in [5.41, 5.74) is 2.78. The third-order valence-corrected chi connectivity index (χ3v) is 8.87. The van der Waals surface area contributed by atoms with Gasteiger partial charge < -0.3 is 9.88 Å². The summed E-state index contributed by atoms with van der Waals surface area (Å²) in [6.45, 7) is 5.20. The highest BCUT2D eigenvalue weighted by molar-refractivity contribution is 9.10. The first kappa shape index (κ1) is 24.0. The van der Waals surface area contributed by atoms with Crippen LogP contribution in [0.4, 0.5) is 0 Å². The molecule has 1 aromatic heterocycles. The number of aromatic nitrogens is 2. The van der Waals surface area contributed by atoms with E-state index in [1.807, 2.05) is 70.1 Å². The van der Waals surface area contributed by atoms with Crippen LogP contribution in [0, 0.1) is 0 Å². The van der Waals surface area contributed by atoms with Crippen LogP contribution in [0.25, 0.3) is 16.6 Å². The molecular formula is C27H23BrClN3O2S. The lowest BCUT2D eigenvalue weighted by molar-refractivity contribution is -0.126. The number of carbonyl (C=O) groups is 1. The quantitative estimate of drug-likeness (QED) is 0.270. The minimum atomic E-state index is -0.101. The van der Waals surface area contributed by atoms with E-state index in [0.717, 1.165) is 25.3 Å². The molecule has 0 radical (unpaired) electrons. The van der Waals surface area contributed by atoms with Crippen LogP contribution in [-0.2, 0) is 4.79 Å². The van der Waals surface area contributed by atoms with Gasteiger partial charge in [0.2, 0.25) is 0 Å². The normalized spacial score (nSPS) is 14.4. The van der Waals surface area contributed by atoms with Crippen molar-refractivity contribution in [1.82, 2.24) is 14.5 Å². The van der Waals surface area contributed by atoms with Crippen LogP contribution in [0.1, 0.15) is 24.4 Å². The number of imidazole rings is 1. The molecule has 5 nitrogen and oxygen atoms in total. The van der Waals surface area contributed by atoms with E-state index >= 15 is 0 Å². The predicted octanol–water partition coefficient (Wildman–Crippen LogP) is 6.77. The summed E-state index contributed by atoms with van der Waals surface area (Å²) >= 11 is 11.7. The number of carbonyl (C=O) groups excluding carboxylic acids is 1. The third-order valence-electron chi connectivity index (χ3n) is 6.34. The van der Waals surface area contributed by atoms with E-state index in [4.69, 9.17) is 11.6 Å². The first-order chi connectivity index (χ1) is 16.9. The van der Waals surface area contributed by atoms with Crippen LogP contribution in [0.5, 0.6) is 0 Å². The lowest BCUT2D eigenvalue weighted by Gasteiger charge is -2.33. The van der Waals surface area contributed by atoms with Crippen molar-refractivity contribution in [3.63, 3.8) is 0 Å². The minimum absolute atomic E-state index is 0.0547. The monoisotopic (exact) mass is 567 g/mol. The third kappa shape index (κ3) is 4.85. The number of rotatable bonds is 5. The Labute approximate surface area is 220 Å². The maximum atomic E-state index is 13.2. The van der Waals surface area contributed by atoms with Gasteiger partial charge in [0.05, 0.1) is 16.1 Å². The number of piperidine rings is 1. The van der Waals surface area contributed by atoms with Crippen molar-refractivity contribution in [2.24, 2.45) is 0 Å². The molecule has 0 aliphatic carbocycles. The van der Waals surface area contributed by atoms with Crippen molar-refractivity contribution in [2.45, 2.75) is 28.7 Å². The molecule has 1 aliphatic rings. The highest BCUT2D eigenvalue weighted by Gasteiger charge is 2.27. The summed E-state index contributed by atoms with van der Waals surface area (Å²) in [7, 11) is 0. The highest BCUT2D eigenvalue weighted by Crippen LogP contribution is 2.38. The molecule has 1 N–H and O–H groups in total. The molecule has 178 valence electrons. The highest BCUT2D eigenvalue weighted by atomic mass is 79.9. The second-order valence-corrected chi connectivity index (χ2v) is 10.8. The Kier molecular flexibility index (Phi) is 6.91. The van der Waals surface area contributed by atoms with E-state index in [1.54, 1.807) is 17.8 Å². The molecule has 0 atom stereocenters. The lowest BCUT2D eigenvalue weighted by Crippen LogP contribution is -2.40. The Hall–Kier alpha value is -2.74. The number of amides is 1. The number of fused-ring (bicyclic) bond motifs is 1. The molecule has 5 rings (SSSR count). The van der Waals surface area contributed by atoms with Crippen molar-refractivity contribution in [3.05, 3.63) is 98.9 Å². The van der Waals surface area contributed by atoms with Crippen LogP contribution in [0.15, 0.2) is 92.4 Å². The van der Waals surface area contributed by atoms with Crippen molar-refractivity contribution in [2.75, 3.05) is 13.1 Å². The van der Waals surface area contributed by atoms with Gasteiger partial charge in [-0.1, -0.05) is 60.3 Å². The molecule has 2 heterocycles. The van der Waals surface area contributed by atoms with Crippen LogP contribution in [0.2, 0.25) is 5.02 Å². The van der Waals surface area contributed by atoms with E-state index in [9.17, 15) is 9.59 Å². The molecule has 1 saturated heterocycles. The number of hydrogen-bond acceptors (Lipinski definition) is 3. The minimum Gasteiger partial charge on any atom is -0.338 e. The number of nitrogens with one attached hydrogen (secondary N) is 1. The molecule has 0 unspecified atom stereocenters. The Morgan fingerprint density at radius 2 is 1.74 bits per heavy atom. The van der Waals surface area contributed by atoms with Crippen LogP contribution < -0.4 is 5.69 Å². The largest absolute Gasteiger partial charge is 0.338 e. The molecule has 8 heteroatoms. The summed E-state index contributed by atoms with van der Waals surface area (Å²) in [6.07, 6.45) is 1.42. The number of para-hydroxylation sites is 2. The summed E-state index contributed by atoms with van der Waals surface area (Å²) < 4.78 is 2.83. The van der Waals surface area contributed by atoms with E-state index < -0.39 is 0 Å². The SMILES string of the molecule is C=C(C(=O)N1CCC(n2c(=O)[nH]c3ccccc32)CC1)c1ccc(Sc2ccccc2Br)c(Cl)c1. The fourth-order valence-electron chi connectivity index (χ4n) is 4.50. The smallest absolute Gasteiger partial charge is 0.326 e. The van der Waals surface area contributed by atoms with Gasteiger partial charge in [-0.3, -0.25) is 9.36 Å². The summed E-state index contributed by atoms with van der Waals surface area (Å²) in [6, 6.07) is 21.3. The molecule has 0 bridgehead atoms. The van der Waals surface area contributed by atoms with Gasteiger partial charge in [-0.05, 0) is 70.7 Å². The van der Waals surface area contributed by atoms with E-state index in [1.165, 1.54) is 0 Å². The van der Waals surface area contributed by atoms with Crippen LogP contribution in [0.3, 0.4) is 0 Å². The number of nitrogens with zero attached hydrogens (tertiary/aromatic N) is 2. The summed E-state index contributed by atoms with van der Waals surface area (Å²) in [5.74, 6) is -0.100. The zero-order chi connectivity index (χ0) is 24.5. The van der Waals surface area contributed by atoms with Crippen LogP contribution >= 0.6 is 39.3 Å². The van der Waals surface area contributed by atoms with Gasteiger partial charge in [-0.2, -0.15) is 0 Å². The van der Waals surface area contributed by atoms with Gasteiger partial charge in [0.15, 0.2) is 0 Å². The second kappa shape index (κ2) is 10.1. The molecule has 35 heavy (non-hydrogen) atoms. The molecular weight excluding hydrogens is 546 g/mol. The van der Waals surface area contributed by atoms with Gasteiger partial charge in [0.1, 0.15) is 0 Å². The van der Waals surface area contributed by atoms with Gasteiger partial charge >= 0.3 is 5.69 Å². The average molecular weight is 569 g/mol. The Balaban J connectivity index is 1.26. The number of halogens is 2. The van der Waals surface area contributed by atoms with E-state index in [0.29, 0.717) is 42.1 Å². The molecule has 1 amide bonds.